The van der Waals surface area contributed by atoms with E-state index in [1.165, 1.54) is 0 Å². The van der Waals surface area contributed by atoms with Gasteiger partial charge in [-0.3, -0.25) is 9.69 Å². The summed E-state index contributed by atoms with van der Waals surface area (Å²) in [6.07, 6.45) is 5.10. The Kier molecular flexibility index (Phi) is 5.00. The molecular formula is C23H25N5OS. The van der Waals surface area contributed by atoms with Gasteiger partial charge in [0, 0.05) is 43.6 Å². The Morgan fingerprint density at radius 2 is 2.10 bits per heavy atom. The Morgan fingerprint density at radius 3 is 2.83 bits per heavy atom. The van der Waals surface area contributed by atoms with Crippen LogP contribution in [0.2, 0.25) is 0 Å². The summed E-state index contributed by atoms with van der Waals surface area (Å²) in [5.41, 5.74) is 2.93. The molecule has 0 unspecified atom stereocenters. The lowest BCUT2D eigenvalue weighted by atomic mass is 10.1. The van der Waals surface area contributed by atoms with Gasteiger partial charge in [0.05, 0.1) is 16.8 Å². The van der Waals surface area contributed by atoms with Crippen LogP contribution in [0.3, 0.4) is 0 Å². The van der Waals surface area contributed by atoms with Gasteiger partial charge in [0.15, 0.2) is 0 Å². The number of aromatic nitrogens is 2. The number of thiazole rings is 1. The van der Waals surface area contributed by atoms with E-state index in [1.807, 2.05) is 36.4 Å². The van der Waals surface area contributed by atoms with Gasteiger partial charge in [-0.1, -0.05) is 6.08 Å². The number of hydrogen-bond acceptors (Lipinski definition) is 6. The van der Waals surface area contributed by atoms with Crippen LogP contribution in [0.5, 0.6) is 0 Å². The Labute approximate surface area is 180 Å². The summed E-state index contributed by atoms with van der Waals surface area (Å²) in [4.78, 5) is 28.1. The molecule has 5 rings (SSSR count). The summed E-state index contributed by atoms with van der Waals surface area (Å²) >= 11 is 1.65. The van der Waals surface area contributed by atoms with Crippen LogP contribution in [0.15, 0.2) is 49.2 Å². The number of pyridine rings is 1. The molecule has 154 valence electrons. The maximum absolute atomic E-state index is 12.4. The second-order valence-corrected chi connectivity index (χ2v) is 9.12. The molecule has 1 aromatic carbocycles. The van der Waals surface area contributed by atoms with Gasteiger partial charge in [0.2, 0.25) is 5.91 Å². The predicted molar refractivity (Wildman–Crippen MR) is 123 cm³/mol. The average molecular weight is 420 g/mol. The molecule has 2 aliphatic rings. The number of nitrogens with zero attached hydrogens (tertiary/aromatic N) is 5. The van der Waals surface area contributed by atoms with Crippen LogP contribution in [0, 0.1) is 5.92 Å². The van der Waals surface area contributed by atoms with Crippen molar-refractivity contribution in [2.75, 3.05) is 49.6 Å². The molecule has 7 heteroatoms. The molecule has 1 amide bonds. The van der Waals surface area contributed by atoms with E-state index in [2.05, 4.69) is 39.6 Å². The summed E-state index contributed by atoms with van der Waals surface area (Å²) in [6.45, 7) is 8.01. The highest BCUT2D eigenvalue weighted by Crippen LogP contribution is 2.33. The summed E-state index contributed by atoms with van der Waals surface area (Å²) in [5.74, 6) is 1.71. The topological polar surface area (TPSA) is 52.6 Å². The van der Waals surface area contributed by atoms with Crippen LogP contribution in [0.1, 0.15) is 6.42 Å². The van der Waals surface area contributed by atoms with Gasteiger partial charge in [0.1, 0.15) is 10.8 Å². The quantitative estimate of drug-likeness (QED) is 0.604. The lowest BCUT2D eigenvalue weighted by Gasteiger charge is -2.32. The molecule has 2 fully saturated rings. The van der Waals surface area contributed by atoms with Crippen LogP contribution >= 0.6 is 11.3 Å². The van der Waals surface area contributed by atoms with Crippen molar-refractivity contribution < 1.29 is 4.79 Å². The molecule has 0 bridgehead atoms. The van der Waals surface area contributed by atoms with E-state index >= 15 is 0 Å². The fourth-order valence-corrected chi connectivity index (χ4v) is 5.14. The number of likely N-dealkylation sites (N-methyl/N-ethyl adjacent to an activating group) is 1. The summed E-state index contributed by atoms with van der Waals surface area (Å²) < 4.78 is 1.09. The van der Waals surface area contributed by atoms with Crippen molar-refractivity contribution in [1.29, 1.82) is 0 Å². The van der Waals surface area contributed by atoms with Crippen molar-refractivity contribution in [3.05, 3.63) is 49.2 Å². The fraction of sp³-hybridized carbons (Fsp3) is 0.348. The van der Waals surface area contributed by atoms with Gasteiger partial charge in [-0.2, -0.15) is 0 Å². The second kappa shape index (κ2) is 7.81. The highest BCUT2D eigenvalue weighted by molar-refractivity contribution is 7.21. The van der Waals surface area contributed by atoms with E-state index < -0.39 is 0 Å². The van der Waals surface area contributed by atoms with Crippen molar-refractivity contribution in [2.24, 2.45) is 5.92 Å². The first kappa shape index (κ1) is 19.2. The Bertz CT molecular complexity index is 1090. The number of anilines is 2. The molecule has 1 atom stereocenters. The van der Waals surface area contributed by atoms with E-state index in [4.69, 9.17) is 4.98 Å². The number of rotatable bonds is 4. The van der Waals surface area contributed by atoms with E-state index in [0.717, 1.165) is 64.9 Å². The van der Waals surface area contributed by atoms with Crippen LogP contribution in [-0.2, 0) is 4.79 Å². The van der Waals surface area contributed by atoms with Gasteiger partial charge < -0.3 is 9.80 Å². The SMILES string of the molecule is C=C[C@@H]1CCN(c2ccc(-c3nc4ccc(N5CCN(C)CC5=O)cc4s3)cn2)C1. The number of fused-ring (bicyclic) bond motifs is 1. The molecule has 0 saturated carbocycles. The van der Waals surface area contributed by atoms with Gasteiger partial charge in [0.25, 0.3) is 0 Å². The molecule has 0 spiro atoms. The zero-order chi connectivity index (χ0) is 20.7. The third-order valence-corrected chi connectivity index (χ3v) is 7.04. The Hall–Kier alpha value is -2.77. The highest BCUT2D eigenvalue weighted by atomic mass is 32.1. The summed E-state index contributed by atoms with van der Waals surface area (Å²) in [5, 5.41) is 0.955. The first-order chi connectivity index (χ1) is 14.6. The van der Waals surface area contributed by atoms with Gasteiger partial charge in [-0.05, 0) is 49.7 Å². The van der Waals surface area contributed by atoms with Gasteiger partial charge in [-0.15, -0.1) is 17.9 Å². The first-order valence-electron chi connectivity index (χ1n) is 10.3. The standard InChI is InChI=1S/C23H25N5OS/c1-3-16-8-9-27(14-16)21-7-4-17(13-24-21)23-25-19-6-5-18(12-20(19)30-23)28-11-10-26(2)15-22(28)29/h3-7,12-13,16H,1,8-11,14-15H2,2H3/t16-/m1/s1. The molecular weight excluding hydrogens is 394 g/mol. The minimum atomic E-state index is 0.147. The number of amides is 1. The van der Waals surface area contributed by atoms with Gasteiger partial charge in [-0.25, -0.2) is 9.97 Å². The summed E-state index contributed by atoms with van der Waals surface area (Å²) in [6, 6.07) is 10.3. The number of piperazine rings is 1. The molecule has 4 heterocycles. The largest absolute Gasteiger partial charge is 0.356 e. The summed E-state index contributed by atoms with van der Waals surface area (Å²) in [7, 11) is 1.98. The minimum absolute atomic E-state index is 0.147. The normalized spacial score (nSPS) is 20.3. The van der Waals surface area contributed by atoms with E-state index in [-0.39, 0.29) is 5.91 Å². The number of hydrogen-bond donors (Lipinski definition) is 0. The van der Waals surface area contributed by atoms with Crippen molar-refractivity contribution in [3.8, 4) is 10.6 Å². The third kappa shape index (κ3) is 3.59. The maximum Gasteiger partial charge on any atom is 0.241 e. The van der Waals surface area contributed by atoms with E-state index in [9.17, 15) is 4.79 Å². The Balaban J connectivity index is 1.37. The van der Waals surface area contributed by atoms with Crippen LogP contribution in [-0.4, -0.2) is 60.5 Å². The molecule has 0 N–H and O–H groups in total. The molecule has 0 aliphatic carbocycles. The van der Waals surface area contributed by atoms with Gasteiger partial charge >= 0.3 is 0 Å². The van der Waals surface area contributed by atoms with Crippen LogP contribution in [0.4, 0.5) is 11.5 Å². The van der Waals surface area contributed by atoms with Crippen molar-refractivity contribution in [3.63, 3.8) is 0 Å². The van der Waals surface area contributed by atoms with Crippen molar-refractivity contribution in [2.45, 2.75) is 6.42 Å². The zero-order valence-electron chi connectivity index (χ0n) is 17.1. The van der Waals surface area contributed by atoms with Crippen LogP contribution < -0.4 is 9.80 Å². The number of carbonyl (C=O) groups is 1. The molecule has 2 aliphatic heterocycles. The predicted octanol–water partition coefficient (Wildman–Crippen LogP) is 3.65. The fourth-order valence-electron chi connectivity index (χ4n) is 4.16. The first-order valence-corrected chi connectivity index (χ1v) is 11.2. The average Bonchev–Trinajstić information content (AvgIpc) is 3.40. The highest BCUT2D eigenvalue weighted by Gasteiger charge is 2.24. The lowest BCUT2D eigenvalue weighted by molar-refractivity contribution is -0.120. The minimum Gasteiger partial charge on any atom is -0.356 e. The van der Waals surface area contributed by atoms with E-state index in [0.29, 0.717) is 12.5 Å². The van der Waals surface area contributed by atoms with Crippen LogP contribution in [0.25, 0.3) is 20.8 Å². The maximum atomic E-state index is 12.4. The third-order valence-electron chi connectivity index (χ3n) is 5.97. The smallest absolute Gasteiger partial charge is 0.241 e. The zero-order valence-corrected chi connectivity index (χ0v) is 17.9. The number of carbonyl (C=O) groups excluding carboxylic acids is 1. The second-order valence-electron chi connectivity index (χ2n) is 8.09. The lowest BCUT2D eigenvalue weighted by Crippen LogP contribution is -2.48. The molecule has 2 saturated heterocycles. The molecule has 0 radical (unpaired) electrons. The Morgan fingerprint density at radius 1 is 1.20 bits per heavy atom. The molecule has 6 nitrogen and oxygen atoms in total. The molecule has 3 aromatic rings. The van der Waals surface area contributed by atoms with E-state index in [1.54, 1.807) is 11.3 Å². The monoisotopic (exact) mass is 419 g/mol. The van der Waals surface area contributed by atoms with Crippen molar-refractivity contribution >= 4 is 39.0 Å². The van der Waals surface area contributed by atoms with Crippen molar-refractivity contribution in [1.82, 2.24) is 14.9 Å². The number of benzene rings is 1. The molecule has 30 heavy (non-hydrogen) atoms. The molecule has 2 aromatic heterocycles.